The Kier molecular flexibility index (Phi) is 4.88. The molecular weight excluding hydrogens is 262 g/mol. The molecule has 0 saturated heterocycles. The molecule has 2 aromatic rings. The zero-order chi connectivity index (χ0) is 15.2. The minimum Gasteiger partial charge on any atom is -0.259 e. The van der Waals surface area contributed by atoms with Crippen LogP contribution in [-0.4, -0.2) is 4.92 Å². The second-order valence-electron chi connectivity index (χ2n) is 5.38. The Hall–Kier alpha value is -2.42. The average Bonchev–Trinajstić information content (AvgIpc) is 2.48. The highest BCUT2D eigenvalue weighted by molar-refractivity contribution is 5.52. The van der Waals surface area contributed by atoms with Crippen molar-refractivity contribution in [3.8, 4) is 0 Å². The predicted molar refractivity (Wildman–Crippen MR) is 85.6 cm³/mol. The van der Waals surface area contributed by atoms with Gasteiger partial charge in [0.15, 0.2) is 0 Å². The molecule has 0 atom stereocenters. The fraction of sp³-hybridized carbons (Fsp3) is 0.222. The van der Waals surface area contributed by atoms with Crippen molar-refractivity contribution in [3.05, 3.63) is 87.1 Å². The maximum absolute atomic E-state index is 11.2. The molecule has 2 aromatic carbocycles. The maximum Gasteiger partial charge on any atom is 0.251 e. The molecule has 3 heteroatoms. The molecule has 0 aliphatic heterocycles. The summed E-state index contributed by atoms with van der Waals surface area (Å²) in [5, 5.41) is 11.2. The Balaban J connectivity index is 2.23. The van der Waals surface area contributed by atoms with Crippen LogP contribution in [0.15, 0.2) is 60.3 Å². The van der Waals surface area contributed by atoms with Gasteiger partial charge < -0.3 is 0 Å². The lowest BCUT2D eigenvalue weighted by atomic mass is 10.0. The van der Waals surface area contributed by atoms with Gasteiger partial charge in [-0.05, 0) is 22.6 Å². The molecule has 0 amide bonds. The van der Waals surface area contributed by atoms with Crippen molar-refractivity contribution in [1.82, 2.24) is 0 Å². The number of allylic oxidation sites excluding steroid dienone is 1. The van der Waals surface area contributed by atoms with Gasteiger partial charge >= 0.3 is 0 Å². The lowest BCUT2D eigenvalue weighted by molar-refractivity contribution is -0.425. The fourth-order valence-electron chi connectivity index (χ4n) is 2.14. The van der Waals surface area contributed by atoms with Gasteiger partial charge in [0, 0.05) is 6.08 Å². The largest absolute Gasteiger partial charge is 0.259 e. The van der Waals surface area contributed by atoms with Gasteiger partial charge in [-0.3, -0.25) is 10.1 Å². The van der Waals surface area contributed by atoms with E-state index in [0.29, 0.717) is 12.3 Å². The van der Waals surface area contributed by atoms with Crippen LogP contribution in [0.3, 0.4) is 0 Å². The van der Waals surface area contributed by atoms with Crippen LogP contribution in [0.5, 0.6) is 0 Å². The van der Waals surface area contributed by atoms with Crippen molar-refractivity contribution in [1.29, 1.82) is 0 Å². The van der Waals surface area contributed by atoms with Crippen LogP contribution in [0.4, 0.5) is 0 Å². The predicted octanol–water partition coefficient (Wildman–Crippen LogP) is 4.67. The summed E-state index contributed by atoms with van der Waals surface area (Å²) in [4.78, 5) is 10.9. The Morgan fingerprint density at radius 2 is 1.71 bits per heavy atom. The maximum atomic E-state index is 11.2. The van der Waals surface area contributed by atoms with Gasteiger partial charge in [0.05, 0.1) is 11.3 Å². The van der Waals surface area contributed by atoms with E-state index < -0.39 is 0 Å². The first-order valence-electron chi connectivity index (χ1n) is 7.05. The Morgan fingerprint density at radius 1 is 1.10 bits per heavy atom. The van der Waals surface area contributed by atoms with Gasteiger partial charge in [-0.25, -0.2) is 0 Å². The minimum absolute atomic E-state index is 0.207. The third kappa shape index (κ3) is 4.28. The van der Waals surface area contributed by atoms with Gasteiger partial charge in [0.25, 0.3) is 5.70 Å². The first-order chi connectivity index (χ1) is 10.1. The van der Waals surface area contributed by atoms with Crippen LogP contribution in [-0.2, 0) is 6.42 Å². The van der Waals surface area contributed by atoms with Gasteiger partial charge in [-0.15, -0.1) is 0 Å². The highest BCUT2D eigenvalue weighted by atomic mass is 16.6. The van der Waals surface area contributed by atoms with Crippen molar-refractivity contribution in [2.75, 3.05) is 0 Å². The smallest absolute Gasteiger partial charge is 0.251 e. The number of benzene rings is 2. The number of hydrogen-bond donors (Lipinski definition) is 0. The molecule has 0 unspecified atom stereocenters. The lowest BCUT2D eigenvalue weighted by Crippen LogP contribution is -2.02. The molecule has 108 valence electrons. The SMILES string of the molecule is CC(C)c1ccc(C=C(Cc2ccccc2)[N+](=O)[O-])cc1. The number of rotatable bonds is 5. The van der Waals surface area contributed by atoms with Crippen LogP contribution in [0, 0.1) is 10.1 Å². The Morgan fingerprint density at radius 3 is 2.24 bits per heavy atom. The first-order valence-corrected chi connectivity index (χ1v) is 7.05. The van der Waals surface area contributed by atoms with E-state index in [9.17, 15) is 10.1 Å². The van der Waals surface area contributed by atoms with Crippen molar-refractivity contribution < 1.29 is 4.92 Å². The normalized spacial score (nSPS) is 11.7. The van der Waals surface area contributed by atoms with Crippen LogP contribution in [0.2, 0.25) is 0 Å². The second kappa shape index (κ2) is 6.84. The Bertz CT molecular complexity index is 628. The van der Waals surface area contributed by atoms with E-state index in [2.05, 4.69) is 13.8 Å². The zero-order valence-electron chi connectivity index (χ0n) is 12.3. The average molecular weight is 281 g/mol. The first kappa shape index (κ1) is 15.0. The van der Waals surface area contributed by atoms with Crippen molar-refractivity contribution >= 4 is 6.08 Å². The molecule has 0 saturated carbocycles. The molecule has 0 radical (unpaired) electrons. The van der Waals surface area contributed by atoms with E-state index in [0.717, 1.165) is 11.1 Å². The van der Waals surface area contributed by atoms with Crippen molar-refractivity contribution in [3.63, 3.8) is 0 Å². The van der Waals surface area contributed by atoms with E-state index in [4.69, 9.17) is 0 Å². The summed E-state index contributed by atoms with van der Waals surface area (Å²) in [6, 6.07) is 17.4. The van der Waals surface area contributed by atoms with Crippen molar-refractivity contribution in [2.24, 2.45) is 0 Å². The third-order valence-electron chi connectivity index (χ3n) is 3.40. The van der Waals surface area contributed by atoms with E-state index in [1.54, 1.807) is 6.08 Å². The summed E-state index contributed by atoms with van der Waals surface area (Å²) in [7, 11) is 0. The van der Waals surface area contributed by atoms with E-state index in [-0.39, 0.29) is 10.6 Å². The molecule has 0 N–H and O–H groups in total. The van der Waals surface area contributed by atoms with Gasteiger partial charge in [-0.2, -0.15) is 0 Å². The second-order valence-corrected chi connectivity index (χ2v) is 5.38. The van der Waals surface area contributed by atoms with E-state index in [1.807, 2.05) is 54.6 Å². The molecule has 0 fully saturated rings. The minimum atomic E-state index is -0.302. The molecule has 0 aliphatic rings. The molecule has 0 bridgehead atoms. The van der Waals surface area contributed by atoms with Crippen molar-refractivity contribution in [2.45, 2.75) is 26.2 Å². The molecule has 2 rings (SSSR count). The number of nitrogens with zero attached hydrogens (tertiary/aromatic N) is 1. The molecular formula is C18H19NO2. The Labute approximate surface area is 125 Å². The van der Waals surface area contributed by atoms with Crippen LogP contribution in [0.1, 0.15) is 36.5 Å². The van der Waals surface area contributed by atoms with Gasteiger partial charge in [0.1, 0.15) is 0 Å². The van der Waals surface area contributed by atoms with Crippen LogP contribution >= 0.6 is 0 Å². The summed E-state index contributed by atoms with van der Waals surface area (Å²) in [6.45, 7) is 4.26. The number of hydrogen-bond acceptors (Lipinski definition) is 2. The molecule has 21 heavy (non-hydrogen) atoms. The topological polar surface area (TPSA) is 43.1 Å². The molecule has 0 heterocycles. The zero-order valence-corrected chi connectivity index (χ0v) is 12.3. The monoisotopic (exact) mass is 281 g/mol. The molecule has 0 aromatic heterocycles. The standard InChI is InChI=1S/C18H19NO2/c1-14(2)17-10-8-16(9-11-17)13-18(19(20)21)12-15-6-4-3-5-7-15/h3-11,13-14H,12H2,1-2H3. The van der Waals surface area contributed by atoms with E-state index >= 15 is 0 Å². The summed E-state index contributed by atoms with van der Waals surface area (Å²) < 4.78 is 0. The highest BCUT2D eigenvalue weighted by Gasteiger charge is 2.11. The lowest BCUT2D eigenvalue weighted by Gasteiger charge is -2.05. The van der Waals surface area contributed by atoms with Crippen LogP contribution < -0.4 is 0 Å². The molecule has 3 nitrogen and oxygen atoms in total. The van der Waals surface area contributed by atoms with E-state index in [1.165, 1.54) is 5.56 Å². The summed E-state index contributed by atoms with van der Waals surface area (Å²) in [6.07, 6.45) is 1.98. The van der Waals surface area contributed by atoms with Gasteiger partial charge in [0.2, 0.25) is 0 Å². The molecule has 0 aliphatic carbocycles. The number of nitro groups is 1. The summed E-state index contributed by atoms with van der Waals surface area (Å²) in [5.74, 6) is 0.460. The quantitative estimate of drug-likeness (QED) is 0.590. The molecule has 0 spiro atoms. The van der Waals surface area contributed by atoms with Crippen LogP contribution in [0.25, 0.3) is 6.08 Å². The fourth-order valence-corrected chi connectivity index (χ4v) is 2.14. The summed E-state index contributed by atoms with van der Waals surface area (Å²) in [5.41, 5.74) is 3.25. The highest BCUT2D eigenvalue weighted by Crippen LogP contribution is 2.17. The third-order valence-corrected chi connectivity index (χ3v) is 3.40. The van der Waals surface area contributed by atoms with Gasteiger partial charge in [-0.1, -0.05) is 68.4 Å². The summed E-state index contributed by atoms with van der Waals surface area (Å²) >= 11 is 0.